The zero-order valence-corrected chi connectivity index (χ0v) is 10.8. The fourth-order valence-electron chi connectivity index (χ4n) is 2.44. The van der Waals surface area contributed by atoms with Gasteiger partial charge in [0.05, 0.1) is 12.3 Å². The van der Waals surface area contributed by atoms with Gasteiger partial charge in [0.15, 0.2) is 17.3 Å². The first-order valence-corrected chi connectivity index (χ1v) is 6.42. The van der Waals surface area contributed by atoms with Crippen LogP contribution in [0.2, 0.25) is 0 Å². The summed E-state index contributed by atoms with van der Waals surface area (Å²) in [4.78, 5) is 10.9. The number of piperidine rings is 1. The number of anilines is 2. The quantitative estimate of drug-likeness (QED) is 0.530. The molecule has 1 fully saturated rings. The molecule has 1 saturated heterocycles. The molecule has 2 aromatic heterocycles. The Labute approximate surface area is 111 Å². The topological polar surface area (TPSA) is 91.7 Å². The lowest BCUT2D eigenvalue weighted by Gasteiger charge is -2.35. The van der Waals surface area contributed by atoms with Gasteiger partial charge < -0.3 is 19.8 Å². The number of nitrogens with zero attached hydrogens (tertiary/aromatic N) is 4. The number of β-amino-alcohol motifs (C(OH)–C–C–N with tert-alkyl or cyclic N) is 1. The summed E-state index contributed by atoms with van der Waals surface area (Å²) in [6, 6.07) is 0. The number of aromatic nitrogens is 3. The maximum Gasteiger partial charge on any atom is 0.180 e. The SMILES string of the molecule is CC1CCN(c2nc(NN)cn3ccnc23)CC1O. The van der Waals surface area contributed by atoms with Gasteiger partial charge >= 0.3 is 0 Å². The second kappa shape index (κ2) is 4.67. The number of aliphatic hydroxyl groups excluding tert-OH is 1. The highest BCUT2D eigenvalue weighted by Crippen LogP contribution is 2.25. The average molecular weight is 262 g/mol. The number of hydrogen-bond acceptors (Lipinski definition) is 6. The van der Waals surface area contributed by atoms with E-state index in [0.717, 1.165) is 24.4 Å². The second-order valence-electron chi connectivity index (χ2n) is 5.03. The highest BCUT2D eigenvalue weighted by molar-refractivity contribution is 5.67. The summed E-state index contributed by atoms with van der Waals surface area (Å²) >= 11 is 0. The Kier molecular flexibility index (Phi) is 3.00. The molecule has 0 amide bonds. The third-order valence-electron chi connectivity index (χ3n) is 3.72. The largest absolute Gasteiger partial charge is 0.391 e. The molecular formula is C12H18N6O. The molecule has 4 N–H and O–H groups in total. The Hall–Kier alpha value is -1.86. The monoisotopic (exact) mass is 262 g/mol. The lowest BCUT2D eigenvalue weighted by atomic mass is 9.96. The molecule has 2 atom stereocenters. The van der Waals surface area contributed by atoms with Crippen molar-refractivity contribution in [1.82, 2.24) is 14.4 Å². The molecule has 7 heteroatoms. The van der Waals surface area contributed by atoms with Gasteiger partial charge in [0.25, 0.3) is 0 Å². The van der Waals surface area contributed by atoms with Crippen molar-refractivity contribution >= 4 is 17.3 Å². The molecule has 3 heterocycles. The van der Waals surface area contributed by atoms with Crippen molar-refractivity contribution < 1.29 is 5.11 Å². The molecule has 0 spiro atoms. The first-order valence-electron chi connectivity index (χ1n) is 6.42. The van der Waals surface area contributed by atoms with Crippen LogP contribution < -0.4 is 16.2 Å². The van der Waals surface area contributed by atoms with E-state index in [0.29, 0.717) is 18.3 Å². The van der Waals surface area contributed by atoms with Crippen LogP contribution in [0, 0.1) is 5.92 Å². The number of aliphatic hydroxyl groups is 1. The number of rotatable bonds is 2. The van der Waals surface area contributed by atoms with Gasteiger partial charge in [-0.15, -0.1) is 0 Å². The average Bonchev–Trinajstić information content (AvgIpc) is 2.89. The smallest absolute Gasteiger partial charge is 0.180 e. The lowest BCUT2D eigenvalue weighted by Crippen LogP contribution is -2.43. The van der Waals surface area contributed by atoms with Gasteiger partial charge in [-0.25, -0.2) is 15.8 Å². The van der Waals surface area contributed by atoms with Crippen LogP contribution in [0.3, 0.4) is 0 Å². The minimum Gasteiger partial charge on any atom is -0.391 e. The first kappa shape index (κ1) is 12.2. The molecule has 0 aromatic carbocycles. The highest BCUT2D eigenvalue weighted by atomic mass is 16.3. The van der Waals surface area contributed by atoms with E-state index in [1.54, 1.807) is 12.4 Å². The third-order valence-corrected chi connectivity index (χ3v) is 3.72. The summed E-state index contributed by atoms with van der Waals surface area (Å²) in [7, 11) is 0. The van der Waals surface area contributed by atoms with Crippen molar-refractivity contribution in [2.24, 2.45) is 11.8 Å². The Bertz CT molecular complexity index is 583. The van der Waals surface area contributed by atoms with Crippen molar-refractivity contribution in [3.63, 3.8) is 0 Å². The summed E-state index contributed by atoms with van der Waals surface area (Å²) in [6.07, 6.45) is 5.97. The van der Waals surface area contributed by atoms with Crippen LogP contribution in [0.25, 0.3) is 5.65 Å². The van der Waals surface area contributed by atoms with E-state index in [1.165, 1.54) is 0 Å². The van der Waals surface area contributed by atoms with E-state index in [1.807, 2.05) is 10.6 Å². The van der Waals surface area contributed by atoms with Gasteiger partial charge in [-0.2, -0.15) is 0 Å². The summed E-state index contributed by atoms with van der Waals surface area (Å²) in [5.41, 5.74) is 3.34. The minimum absolute atomic E-state index is 0.322. The van der Waals surface area contributed by atoms with Crippen LogP contribution in [0.1, 0.15) is 13.3 Å². The van der Waals surface area contributed by atoms with E-state index < -0.39 is 0 Å². The number of nitrogens with one attached hydrogen (secondary N) is 1. The second-order valence-corrected chi connectivity index (χ2v) is 5.03. The molecule has 2 aromatic rings. The number of imidazole rings is 1. The molecule has 2 unspecified atom stereocenters. The van der Waals surface area contributed by atoms with E-state index in [-0.39, 0.29) is 6.10 Å². The third kappa shape index (κ3) is 2.11. The highest BCUT2D eigenvalue weighted by Gasteiger charge is 2.26. The zero-order valence-electron chi connectivity index (χ0n) is 10.8. The van der Waals surface area contributed by atoms with Crippen molar-refractivity contribution in [2.45, 2.75) is 19.4 Å². The number of hydrogen-bond donors (Lipinski definition) is 3. The van der Waals surface area contributed by atoms with Crippen molar-refractivity contribution in [1.29, 1.82) is 0 Å². The van der Waals surface area contributed by atoms with E-state index in [9.17, 15) is 5.11 Å². The molecule has 0 saturated carbocycles. The Morgan fingerprint density at radius 2 is 2.37 bits per heavy atom. The first-order chi connectivity index (χ1) is 9.19. The fraction of sp³-hybridized carbons (Fsp3) is 0.500. The number of fused-ring (bicyclic) bond motifs is 1. The Morgan fingerprint density at radius 3 is 3.11 bits per heavy atom. The summed E-state index contributed by atoms with van der Waals surface area (Å²) in [6.45, 7) is 3.50. The molecule has 1 aliphatic heterocycles. The summed E-state index contributed by atoms with van der Waals surface area (Å²) in [5.74, 6) is 7.10. The van der Waals surface area contributed by atoms with Crippen molar-refractivity contribution in [2.75, 3.05) is 23.4 Å². The van der Waals surface area contributed by atoms with Crippen molar-refractivity contribution in [3.05, 3.63) is 18.6 Å². The molecule has 19 heavy (non-hydrogen) atoms. The predicted molar refractivity (Wildman–Crippen MR) is 72.8 cm³/mol. The van der Waals surface area contributed by atoms with Crippen LogP contribution in [-0.4, -0.2) is 38.7 Å². The van der Waals surface area contributed by atoms with E-state index in [4.69, 9.17) is 5.84 Å². The molecular weight excluding hydrogens is 244 g/mol. The van der Waals surface area contributed by atoms with Crippen LogP contribution in [0.4, 0.5) is 11.6 Å². The molecule has 0 radical (unpaired) electrons. The number of nitrogens with two attached hydrogens (primary N) is 1. The lowest BCUT2D eigenvalue weighted by molar-refractivity contribution is 0.102. The van der Waals surface area contributed by atoms with Crippen LogP contribution in [-0.2, 0) is 0 Å². The van der Waals surface area contributed by atoms with Gasteiger partial charge in [0.1, 0.15) is 0 Å². The Balaban J connectivity index is 2.01. The maximum atomic E-state index is 10.0. The standard InChI is InChI=1S/C12H18N6O/c1-8-2-4-17(6-9(8)19)12-11-14-3-5-18(11)7-10(15-12)16-13/h3,5,7-9,16,19H,2,4,6,13H2,1H3. The number of hydrazine groups is 1. The molecule has 0 aliphatic carbocycles. The summed E-state index contributed by atoms with van der Waals surface area (Å²) < 4.78 is 1.88. The van der Waals surface area contributed by atoms with Crippen LogP contribution in [0.5, 0.6) is 0 Å². The van der Waals surface area contributed by atoms with Crippen LogP contribution in [0.15, 0.2) is 18.6 Å². The van der Waals surface area contributed by atoms with Crippen molar-refractivity contribution in [3.8, 4) is 0 Å². The van der Waals surface area contributed by atoms with Gasteiger partial charge in [0.2, 0.25) is 0 Å². The predicted octanol–water partition coefficient (Wildman–Crippen LogP) is 0.222. The van der Waals surface area contributed by atoms with E-state index >= 15 is 0 Å². The Morgan fingerprint density at radius 1 is 1.53 bits per heavy atom. The van der Waals surface area contributed by atoms with Crippen LogP contribution >= 0.6 is 0 Å². The van der Waals surface area contributed by atoms with Gasteiger partial charge in [-0.05, 0) is 12.3 Å². The maximum absolute atomic E-state index is 10.0. The van der Waals surface area contributed by atoms with Gasteiger partial charge in [-0.1, -0.05) is 6.92 Å². The van der Waals surface area contributed by atoms with Gasteiger partial charge in [-0.3, -0.25) is 0 Å². The normalized spacial score (nSPS) is 23.8. The molecule has 1 aliphatic rings. The molecule has 0 bridgehead atoms. The summed E-state index contributed by atoms with van der Waals surface area (Å²) in [5, 5.41) is 10.0. The molecule has 102 valence electrons. The molecule has 7 nitrogen and oxygen atoms in total. The molecule has 3 rings (SSSR count). The fourth-order valence-corrected chi connectivity index (χ4v) is 2.44. The minimum atomic E-state index is -0.333. The number of nitrogen functional groups attached to an aromatic ring is 1. The zero-order chi connectivity index (χ0) is 13.4. The van der Waals surface area contributed by atoms with E-state index in [2.05, 4.69) is 27.2 Å². The van der Waals surface area contributed by atoms with Gasteiger partial charge in [0, 0.05) is 25.5 Å².